The Morgan fingerprint density at radius 2 is 2.04 bits per heavy atom. The lowest BCUT2D eigenvalue weighted by Crippen LogP contribution is -2.07. The molecule has 7 nitrogen and oxygen atoms in total. The third kappa shape index (κ3) is 4.08. The van der Waals surface area contributed by atoms with Crippen LogP contribution in [0.15, 0.2) is 42.5 Å². The molecule has 2 rings (SSSR count). The van der Waals surface area contributed by atoms with Crippen LogP contribution < -0.4 is 4.74 Å². The summed E-state index contributed by atoms with van der Waals surface area (Å²) >= 11 is 0. The van der Waals surface area contributed by atoms with Crippen molar-refractivity contribution >= 4 is 12.0 Å². The minimum atomic E-state index is -0.554. The predicted molar refractivity (Wildman–Crippen MR) is 87.7 cm³/mol. The van der Waals surface area contributed by atoms with Crippen LogP contribution in [0.1, 0.15) is 23.1 Å². The minimum Gasteiger partial charge on any atom is -0.497 e. The molecule has 0 unspecified atom stereocenters. The molecular weight excluding hydrogens is 308 g/mol. The zero-order valence-corrected chi connectivity index (χ0v) is 13.3. The molecule has 0 atom stereocenters. The summed E-state index contributed by atoms with van der Waals surface area (Å²) < 4.78 is 10.1. The number of methoxy groups -OCH3 is 1. The van der Waals surface area contributed by atoms with E-state index in [9.17, 15) is 4.79 Å². The molecular formula is C17H16N4O3. The van der Waals surface area contributed by atoms with Gasteiger partial charge in [0.15, 0.2) is 5.69 Å². The second-order valence-corrected chi connectivity index (χ2v) is 4.49. The number of hydrogen-bond donors (Lipinski definition) is 0. The standard InChI is InChI=1S/C17H16N4O3/c1-3-24-17(22)16-15(7-5-4-6-12-18)19-21(20-16)13-8-10-14(23-2)11-9-13/h4-11H,3H2,1-2H3/b6-4+,7-5-. The Morgan fingerprint density at radius 1 is 1.29 bits per heavy atom. The molecule has 7 heteroatoms. The van der Waals surface area contributed by atoms with E-state index in [1.54, 1.807) is 56.5 Å². The van der Waals surface area contributed by atoms with Gasteiger partial charge in [-0.2, -0.15) is 10.1 Å². The molecule has 0 saturated carbocycles. The third-order valence-corrected chi connectivity index (χ3v) is 2.95. The van der Waals surface area contributed by atoms with Gasteiger partial charge >= 0.3 is 5.97 Å². The molecule has 1 aromatic carbocycles. The van der Waals surface area contributed by atoms with Crippen molar-refractivity contribution < 1.29 is 14.3 Å². The Balaban J connectivity index is 2.38. The van der Waals surface area contributed by atoms with Crippen LogP contribution in [0.4, 0.5) is 0 Å². The molecule has 1 heterocycles. The van der Waals surface area contributed by atoms with E-state index in [-0.39, 0.29) is 12.3 Å². The summed E-state index contributed by atoms with van der Waals surface area (Å²) in [5.74, 6) is 0.152. The first-order chi connectivity index (χ1) is 11.7. The molecule has 0 amide bonds. The maximum atomic E-state index is 12.0. The van der Waals surface area contributed by atoms with Gasteiger partial charge in [0.05, 0.1) is 25.5 Å². The number of ether oxygens (including phenoxy) is 2. The summed E-state index contributed by atoms with van der Waals surface area (Å²) in [6.07, 6.45) is 6.05. The van der Waals surface area contributed by atoms with Crippen molar-refractivity contribution in [2.24, 2.45) is 0 Å². The van der Waals surface area contributed by atoms with E-state index >= 15 is 0 Å². The predicted octanol–water partition coefficient (Wildman–Crippen LogP) is 2.55. The summed E-state index contributed by atoms with van der Waals surface area (Å²) in [6.45, 7) is 1.96. The molecule has 1 aromatic heterocycles. The van der Waals surface area contributed by atoms with Gasteiger partial charge in [0.2, 0.25) is 0 Å². The Bertz CT molecular complexity index is 798. The molecule has 2 aromatic rings. The first-order valence-corrected chi connectivity index (χ1v) is 7.21. The highest BCUT2D eigenvalue weighted by Gasteiger charge is 2.18. The maximum absolute atomic E-state index is 12.0. The van der Waals surface area contributed by atoms with Crippen LogP contribution in [0.2, 0.25) is 0 Å². The third-order valence-electron chi connectivity index (χ3n) is 2.95. The van der Waals surface area contributed by atoms with Gasteiger partial charge in [-0.05, 0) is 37.3 Å². The molecule has 0 radical (unpaired) electrons. The number of rotatable bonds is 6. The molecule has 0 aliphatic rings. The lowest BCUT2D eigenvalue weighted by molar-refractivity contribution is 0.0518. The first kappa shape index (κ1) is 17.0. The zero-order valence-electron chi connectivity index (χ0n) is 13.3. The van der Waals surface area contributed by atoms with Crippen molar-refractivity contribution in [3.63, 3.8) is 0 Å². The van der Waals surface area contributed by atoms with Gasteiger partial charge in [-0.15, -0.1) is 10.2 Å². The maximum Gasteiger partial charge on any atom is 0.361 e. The van der Waals surface area contributed by atoms with Gasteiger partial charge < -0.3 is 9.47 Å². The number of allylic oxidation sites excluding steroid dienone is 3. The fraction of sp³-hybridized carbons (Fsp3) is 0.176. The summed E-state index contributed by atoms with van der Waals surface area (Å²) in [7, 11) is 1.58. The lowest BCUT2D eigenvalue weighted by atomic mass is 10.3. The van der Waals surface area contributed by atoms with E-state index in [2.05, 4.69) is 10.2 Å². The molecule has 122 valence electrons. The second-order valence-electron chi connectivity index (χ2n) is 4.49. The van der Waals surface area contributed by atoms with E-state index in [0.717, 1.165) is 0 Å². The van der Waals surface area contributed by atoms with Crippen LogP contribution in [0.5, 0.6) is 5.75 Å². The molecule has 0 fully saturated rings. The van der Waals surface area contributed by atoms with Crippen LogP contribution in [-0.4, -0.2) is 34.7 Å². The Kier molecular flexibility index (Phi) is 5.86. The van der Waals surface area contributed by atoms with Gasteiger partial charge in [-0.1, -0.05) is 12.2 Å². The van der Waals surface area contributed by atoms with Crippen LogP contribution in [0, 0.1) is 11.3 Å². The quantitative estimate of drug-likeness (QED) is 0.461. The van der Waals surface area contributed by atoms with Crippen molar-refractivity contribution in [3.8, 4) is 17.5 Å². The number of hydrogen-bond acceptors (Lipinski definition) is 6. The summed E-state index contributed by atoms with van der Waals surface area (Å²) in [5, 5.41) is 17.0. The van der Waals surface area contributed by atoms with Crippen LogP contribution in [-0.2, 0) is 4.74 Å². The molecule has 0 saturated heterocycles. The first-order valence-electron chi connectivity index (χ1n) is 7.21. The van der Waals surface area contributed by atoms with Gasteiger partial charge in [0, 0.05) is 6.08 Å². The van der Waals surface area contributed by atoms with E-state index in [4.69, 9.17) is 14.7 Å². The Hall–Kier alpha value is -3.40. The van der Waals surface area contributed by atoms with Crippen molar-refractivity contribution in [3.05, 3.63) is 53.9 Å². The molecule has 0 N–H and O–H groups in total. The summed E-state index contributed by atoms with van der Waals surface area (Å²) in [5.41, 5.74) is 1.13. The number of carbonyl (C=O) groups excluding carboxylic acids is 1. The highest BCUT2D eigenvalue weighted by atomic mass is 16.5. The number of nitriles is 1. The fourth-order valence-electron chi connectivity index (χ4n) is 1.85. The van der Waals surface area contributed by atoms with Gasteiger partial charge in [0.25, 0.3) is 0 Å². The lowest BCUT2D eigenvalue weighted by Gasteiger charge is -2.01. The number of esters is 1. The van der Waals surface area contributed by atoms with E-state index in [1.807, 2.05) is 6.07 Å². The molecule has 0 bridgehead atoms. The van der Waals surface area contributed by atoms with Gasteiger partial charge in [-0.3, -0.25) is 0 Å². The fourth-order valence-corrected chi connectivity index (χ4v) is 1.85. The minimum absolute atomic E-state index is 0.106. The highest BCUT2D eigenvalue weighted by molar-refractivity contribution is 5.90. The average Bonchev–Trinajstić information content (AvgIpc) is 3.03. The Labute approximate surface area is 139 Å². The number of benzene rings is 1. The van der Waals surface area contributed by atoms with Crippen LogP contribution >= 0.6 is 0 Å². The Morgan fingerprint density at radius 3 is 2.67 bits per heavy atom. The normalized spacial score (nSPS) is 10.9. The van der Waals surface area contributed by atoms with Crippen molar-refractivity contribution in [2.45, 2.75) is 6.92 Å². The van der Waals surface area contributed by atoms with Crippen molar-refractivity contribution in [1.82, 2.24) is 15.0 Å². The molecule has 0 spiro atoms. The SMILES string of the molecule is CCOC(=O)c1nn(-c2ccc(OC)cc2)nc1/C=C\C=C\C#N. The monoisotopic (exact) mass is 324 g/mol. The van der Waals surface area contributed by atoms with Gasteiger partial charge in [0.1, 0.15) is 11.4 Å². The highest BCUT2D eigenvalue weighted by Crippen LogP contribution is 2.16. The van der Waals surface area contributed by atoms with E-state index in [1.165, 1.54) is 10.9 Å². The van der Waals surface area contributed by atoms with E-state index in [0.29, 0.717) is 17.1 Å². The molecule has 24 heavy (non-hydrogen) atoms. The van der Waals surface area contributed by atoms with Crippen LogP contribution in [0.3, 0.4) is 0 Å². The smallest absolute Gasteiger partial charge is 0.361 e. The average molecular weight is 324 g/mol. The second kappa shape index (κ2) is 8.29. The van der Waals surface area contributed by atoms with E-state index < -0.39 is 5.97 Å². The number of carbonyl (C=O) groups is 1. The molecule has 0 aliphatic carbocycles. The largest absolute Gasteiger partial charge is 0.497 e. The van der Waals surface area contributed by atoms with Crippen LogP contribution in [0.25, 0.3) is 11.8 Å². The van der Waals surface area contributed by atoms with Gasteiger partial charge in [-0.25, -0.2) is 4.79 Å². The summed E-state index contributed by atoms with van der Waals surface area (Å²) in [4.78, 5) is 13.4. The summed E-state index contributed by atoms with van der Waals surface area (Å²) in [6, 6.07) is 8.97. The zero-order chi connectivity index (χ0) is 17.4. The number of aromatic nitrogens is 3. The number of nitrogens with zero attached hydrogens (tertiary/aromatic N) is 4. The van der Waals surface area contributed by atoms with Crippen molar-refractivity contribution in [1.29, 1.82) is 5.26 Å². The molecule has 0 aliphatic heterocycles. The topological polar surface area (TPSA) is 90.0 Å². The van der Waals surface area contributed by atoms with Crippen molar-refractivity contribution in [2.75, 3.05) is 13.7 Å².